The molecule has 1 aromatic rings. The minimum Gasteiger partial charge on any atom is -0.469 e. The zero-order chi connectivity index (χ0) is 15.7. The van der Waals surface area contributed by atoms with Gasteiger partial charge in [-0.15, -0.1) is 0 Å². The molecule has 1 N–H and O–H groups in total. The zero-order valence-corrected chi connectivity index (χ0v) is 12.1. The molecule has 0 bridgehead atoms. The number of aromatic nitrogens is 1. The van der Waals surface area contributed by atoms with Crippen LogP contribution in [0.15, 0.2) is 16.9 Å². The molecule has 0 aromatic carbocycles. The summed E-state index contributed by atoms with van der Waals surface area (Å²) in [6, 6.07) is 1.51. The minimum atomic E-state index is -0.355. The van der Waals surface area contributed by atoms with Gasteiger partial charge in [0.25, 0.3) is 0 Å². The number of carbonyl (C=O) groups is 3. The fourth-order valence-corrected chi connectivity index (χ4v) is 1.65. The van der Waals surface area contributed by atoms with Gasteiger partial charge in [0.15, 0.2) is 5.82 Å². The highest BCUT2D eigenvalue weighted by molar-refractivity contribution is 5.93. The lowest BCUT2D eigenvalue weighted by atomic mass is 10.2. The summed E-state index contributed by atoms with van der Waals surface area (Å²) in [4.78, 5) is 36.1. The number of amides is 2. The number of rotatable bonds is 8. The molecule has 0 saturated heterocycles. The van der Waals surface area contributed by atoms with E-state index in [0.717, 1.165) is 0 Å². The molecule has 1 heterocycles. The van der Waals surface area contributed by atoms with Gasteiger partial charge in [-0.25, -0.2) is 0 Å². The molecular weight excluding hydrogens is 278 g/mol. The molecule has 0 unspecified atom stereocenters. The summed E-state index contributed by atoms with van der Waals surface area (Å²) in [5.74, 6) is -0.590. The molecule has 0 fully saturated rings. The Bertz CT molecular complexity index is 472. The van der Waals surface area contributed by atoms with Gasteiger partial charge in [-0.2, -0.15) is 0 Å². The Hall–Kier alpha value is -2.38. The number of nitrogens with one attached hydrogen (secondary N) is 1. The van der Waals surface area contributed by atoms with E-state index in [2.05, 4.69) is 19.7 Å². The van der Waals surface area contributed by atoms with Crippen molar-refractivity contribution in [3.05, 3.63) is 12.3 Å². The van der Waals surface area contributed by atoms with Crippen molar-refractivity contribution in [2.24, 2.45) is 0 Å². The maximum absolute atomic E-state index is 11.9. The summed E-state index contributed by atoms with van der Waals surface area (Å²) >= 11 is 0. The van der Waals surface area contributed by atoms with E-state index < -0.39 is 0 Å². The third kappa shape index (κ3) is 6.07. The van der Waals surface area contributed by atoms with Crippen molar-refractivity contribution in [1.82, 2.24) is 10.1 Å². The van der Waals surface area contributed by atoms with Gasteiger partial charge in [-0.1, -0.05) is 5.16 Å². The first-order chi connectivity index (χ1) is 10.1. The van der Waals surface area contributed by atoms with Crippen LogP contribution in [0.1, 0.15) is 26.2 Å². The molecule has 0 aliphatic rings. The summed E-state index contributed by atoms with van der Waals surface area (Å²) in [5.41, 5.74) is 0. The Labute approximate surface area is 122 Å². The summed E-state index contributed by atoms with van der Waals surface area (Å²) in [7, 11) is 1.30. The smallest absolute Gasteiger partial charge is 0.305 e. The molecule has 0 spiro atoms. The molecule has 8 nitrogen and oxygen atoms in total. The standard InChI is InChI=1S/C13H19N3O5/c1-3-16(12(18)5-4-6-13(19)20-2)9-11(17)14-10-7-8-21-15-10/h7-8H,3-6,9H2,1-2H3,(H,14,15,17). The SMILES string of the molecule is CCN(CC(=O)Nc1ccon1)C(=O)CCCC(=O)OC. The second-order valence-corrected chi connectivity index (χ2v) is 4.27. The first kappa shape index (κ1) is 16.7. The van der Waals surface area contributed by atoms with E-state index in [4.69, 9.17) is 0 Å². The predicted molar refractivity (Wildman–Crippen MR) is 73.3 cm³/mol. The Morgan fingerprint density at radius 1 is 1.38 bits per heavy atom. The largest absolute Gasteiger partial charge is 0.469 e. The van der Waals surface area contributed by atoms with Crippen LogP contribution in [0.4, 0.5) is 5.82 Å². The van der Waals surface area contributed by atoms with Crippen LogP contribution in [0.25, 0.3) is 0 Å². The number of likely N-dealkylation sites (N-methyl/N-ethyl adjacent to an activating group) is 1. The monoisotopic (exact) mass is 297 g/mol. The molecular formula is C13H19N3O5. The second-order valence-electron chi connectivity index (χ2n) is 4.27. The lowest BCUT2D eigenvalue weighted by Gasteiger charge is -2.19. The molecule has 0 aliphatic heterocycles. The third-order valence-electron chi connectivity index (χ3n) is 2.77. The van der Waals surface area contributed by atoms with Crippen molar-refractivity contribution in [3.8, 4) is 0 Å². The quantitative estimate of drug-likeness (QED) is 0.712. The number of anilines is 1. The number of methoxy groups -OCH3 is 1. The highest BCUT2D eigenvalue weighted by atomic mass is 16.5. The van der Waals surface area contributed by atoms with Crippen molar-refractivity contribution in [1.29, 1.82) is 0 Å². The maximum Gasteiger partial charge on any atom is 0.305 e. The molecule has 8 heteroatoms. The van der Waals surface area contributed by atoms with Gasteiger partial charge in [0.2, 0.25) is 11.8 Å². The predicted octanol–water partition coefficient (Wildman–Crippen LogP) is 0.805. The van der Waals surface area contributed by atoms with E-state index in [1.54, 1.807) is 6.92 Å². The third-order valence-corrected chi connectivity index (χ3v) is 2.77. The van der Waals surface area contributed by atoms with E-state index in [-0.39, 0.29) is 37.2 Å². The van der Waals surface area contributed by atoms with Gasteiger partial charge in [0.05, 0.1) is 13.7 Å². The number of esters is 1. The number of hydrogen-bond donors (Lipinski definition) is 1. The fourth-order valence-electron chi connectivity index (χ4n) is 1.65. The van der Waals surface area contributed by atoms with Crippen LogP contribution in [0.3, 0.4) is 0 Å². The van der Waals surface area contributed by atoms with Gasteiger partial charge in [0.1, 0.15) is 6.26 Å². The molecule has 0 radical (unpaired) electrons. The minimum absolute atomic E-state index is 0.0690. The van der Waals surface area contributed by atoms with Gasteiger partial charge in [-0.05, 0) is 13.3 Å². The van der Waals surface area contributed by atoms with E-state index in [0.29, 0.717) is 18.8 Å². The zero-order valence-electron chi connectivity index (χ0n) is 12.1. The van der Waals surface area contributed by atoms with Crippen LogP contribution < -0.4 is 5.32 Å². The summed E-state index contributed by atoms with van der Waals surface area (Å²) in [6.45, 7) is 2.12. The molecule has 116 valence electrons. The first-order valence-corrected chi connectivity index (χ1v) is 6.61. The second kappa shape index (κ2) is 8.72. The molecule has 0 saturated carbocycles. The number of hydrogen-bond acceptors (Lipinski definition) is 6. The molecule has 21 heavy (non-hydrogen) atoms. The molecule has 2 amide bonds. The van der Waals surface area contributed by atoms with Crippen LogP contribution >= 0.6 is 0 Å². The Kier molecular flexibility index (Phi) is 6.93. The fraction of sp³-hybridized carbons (Fsp3) is 0.538. The summed E-state index contributed by atoms with van der Waals surface area (Å²) in [6.07, 6.45) is 2.11. The highest BCUT2D eigenvalue weighted by Crippen LogP contribution is 2.04. The van der Waals surface area contributed by atoms with Crippen molar-refractivity contribution in [2.75, 3.05) is 25.5 Å². The summed E-state index contributed by atoms with van der Waals surface area (Å²) < 4.78 is 9.09. The van der Waals surface area contributed by atoms with Gasteiger partial charge in [0, 0.05) is 25.5 Å². The van der Waals surface area contributed by atoms with Gasteiger partial charge < -0.3 is 19.5 Å². The van der Waals surface area contributed by atoms with Crippen LogP contribution in [0.2, 0.25) is 0 Å². The number of carbonyl (C=O) groups excluding carboxylic acids is 3. The van der Waals surface area contributed by atoms with E-state index in [9.17, 15) is 14.4 Å². The highest BCUT2D eigenvalue weighted by Gasteiger charge is 2.16. The normalized spacial score (nSPS) is 10.0. The average molecular weight is 297 g/mol. The Morgan fingerprint density at radius 3 is 2.71 bits per heavy atom. The topological polar surface area (TPSA) is 102 Å². The molecule has 0 atom stereocenters. The van der Waals surface area contributed by atoms with Crippen LogP contribution in [-0.2, 0) is 19.1 Å². The first-order valence-electron chi connectivity index (χ1n) is 6.61. The van der Waals surface area contributed by atoms with Gasteiger partial charge in [-0.3, -0.25) is 14.4 Å². The van der Waals surface area contributed by atoms with E-state index in [1.165, 1.54) is 24.3 Å². The van der Waals surface area contributed by atoms with Crippen molar-refractivity contribution < 1.29 is 23.6 Å². The average Bonchev–Trinajstić information content (AvgIpc) is 2.97. The molecule has 1 aromatic heterocycles. The lowest BCUT2D eigenvalue weighted by Crippen LogP contribution is -2.37. The lowest BCUT2D eigenvalue weighted by molar-refractivity contribution is -0.141. The van der Waals surface area contributed by atoms with Crippen molar-refractivity contribution >= 4 is 23.6 Å². The van der Waals surface area contributed by atoms with E-state index in [1.807, 2.05) is 0 Å². The van der Waals surface area contributed by atoms with Crippen molar-refractivity contribution in [2.45, 2.75) is 26.2 Å². The Morgan fingerprint density at radius 2 is 2.14 bits per heavy atom. The maximum atomic E-state index is 11.9. The number of nitrogens with zero attached hydrogens (tertiary/aromatic N) is 2. The van der Waals surface area contributed by atoms with Crippen molar-refractivity contribution in [3.63, 3.8) is 0 Å². The molecule has 0 aliphatic carbocycles. The van der Waals surface area contributed by atoms with Gasteiger partial charge >= 0.3 is 5.97 Å². The molecule has 1 rings (SSSR count). The van der Waals surface area contributed by atoms with Crippen LogP contribution in [-0.4, -0.2) is 48.0 Å². The van der Waals surface area contributed by atoms with Crippen LogP contribution in [0, 0.1) is 0 Å². The van der Waals surface area contributed by atoms with Crippen LogP contribution in [0.5, 0.6) is 0 Å². The van der Waals surface area contributed by atoms with E-state index >= 15 is 0 Å². The number of ether oxygens (including phenoxy) is 1. The Balaban J connectivity index is 2.37. The summed E-state index contributed by atoms with van der Waals surface area (Å²) in [5, 5.41) is 6.06.